The molecule has 0 unspecified atom stereocenters. The topological polar surface area (TPSA) is 54.9 Å². The SMILES string of the molecule is CN=C(NCc1cc(Cl)c2c(c1)OCCCO2)NCc1ccc(C)s1. The van der Waals surface area contributed by atoms with Gasteiger partial charge in [-0.3, -0.25) is 4.99 Å². The number of fused-ring (bicyclic) bond motifs is 1. The number of ether oxygens (including phenoxy) is 2. The summed E-state index contributed by atoms with van der Waals surface area (Å²) in [5.74, 6) is 2.09. The molecule has 5 nitrogen and oxygen atoms in total. The standard InChI is InChI=1S/C18H22ClN3O2S/c1-12-4-5-14(25-12)11-22-18(20-2)21-10-13-8-15(19)17-16(9-13)23-6-3-7-24-17/h4-5,8-9H,3,6-7,10-11H2,1-2H3,(H2,20,21,22). The maximum atomic E-state index is 6.34. The van der Waals surface area contributed by atoms with Gasteiger partial charge in [0.1, 0.15) is 0 Å². The quantitative estimate of drug-likeness (QED) is 0.627. The van der Waals surface area contributed by atoms with Crippen LogP contribution in [0.15, 0.2) is 29.3 Å². The van der Waals surface area contributed by atoms with E-state index in [4.69, 9.17) is 21.1 Å². The summed E-state index contributed by atoms with van der Waals surface area (Å²) in [5.41, 5.74) is 1.02. The molecule has 2 heterocycles. The first kappa shape index (κ1) is 17.9. The highest BCUT2D eigenvalue weighted by atomic mass is 35.5. The zero-order valence-electron chi connectivity index (χ0n) is 14.4. The number of hydrogen-bond donors (Lipinski definition) is 2. The summed E-state index contributed by atoms with van der Waals surface area (Å²) >= 11 is 8.12. The van der Waals surface area contributed by atoms with Gasteiger partial charge in [0.15, 0.2) is 17.5 Å². The predicted molar refractivity (Wildman–Crippen MR) is 103 cm³/mol. The van der Waals surface area contributed by atoms with E-state index >= 15 is 0 Å². The van der Waals surface area contributed by atoms with Gasteiger partial charge >= 0.3 is 0 Å². The molecular formula is C18H22ClN3O2S. The van der Waals surface area contributed by atoms with Crippen molar-refractivity contribution in [2.45, 2.75) is 26.4 Å². The number of rotatable bonds is 4. The molecule has 134 valence electrons. The number of benzene rings is 1. The normalized spacial score (nSPS) is 14.1. The zero-order chi connectivity index (χ0) is 17.6. The number of hydrogen-bond acceptors (Lipinski definition) is 4. The Morgan fingerprint density at radius 3 is 2.76 bits per heavy atom. The first-order valence-corrected chi connectivity index (χ1v) is 9.43. The minimum absolute atomic E-state index is 0.577. The minimum atomic E-state index is 0.577. The van der Waals surface area contributed by atoms with Gasteiger partial charge in [-0.05, 0) is 36.8 Å². The van der Waals surface area contributed by atoms with Gasteiger partial charge in [-0.15, -0.1) is 11.3 Å². The van der Waals surface area contributed by atoms with Crippen molar-refractivity contribution < 1.29 is 9.47 Å². The Morgan fingerprint density at radius 1 is 1.20 bits per heavy atom. The highest BCUT2D eigenvalue weighted by Crippen LogP contribution is 2.37. The molecule has 0 fully saturated rings. The van der Waals surface area contributed by atoms with Crippen molar-refractivity contribution in [3.05, 3.63) is 44.6 Å². The van der Waals surface area contributed by atoms with Crippen LogP contribution in [0, 0.1) is 6.92 Å². The van der Waals surface area contributed by atoms with Crippen LogP contribution in [0.3, 0.4) is 0 Å². The summed E-state index contributed by atoms with van der Waals surface area (Å²) < 4.78 is 11.4. The second-order valence-corrected chi connectivity index (χ2v) is 7.53. The Bertz CT molecular complexity index is 761. The van der Waals surface area contributed by atoms with Crippen molar-refractivity contribution in [1.82, 2.24) is 10.6 Å². The molecule has 0 radical (unpaired) electrons. The van der Waals surface area contributed by atoms with Crippen molar-refractivity contribution in [2.75, 3.05) is 20.3 Å². The smallest absolute Gasteiger partial charge is 0.191 e. The fraction of sp³-hybridized carbons (Fsp3) is 0.389. The summed E-state index contributed by atoms with van der Waals surface area (Å²) in [6.07, 6.45) is 0.858. The van der Waals surface area contributed by atoms with E-state index in [1.54, 1.807) is 18.4 Å². The number of thiophene rings is 1. The molecule has 2 N–H and O–H groups in total. The van der Waals surface area contributed by atoms with Crippen molar-refractivity contribution in [3.63, 3.8) is 0 Å². The molecule has 0 amide bonds. The van der Waals surface area contributed by atoms with Gasteiger partial charge in [0, 0.05) is 29.8 Å². The van der Waals surface area contributed by atoms with Gasteiger partial charge in [-0.2, -0.15) is 0 Å². The van der Waals surface area contributed by atoms with Gasteiger partial charge in [0.25, 0.3) is 0 Å². The lowest BCUT2D eigenvalue weighted by molar-refractivity contribution is 0.297. The third-order valence-electron chi connectivity index (χ3n) is 3.77. The van der Waals surface area contributed by atoms with E-state index in [-0.39, 0.29) is 0 Å². The fourth-order valence-corrected chi connectivity index (χ4v) is 3.66. The van der Waals surface area contributed by atoms with Crippen LogP contribution in [-0.4, -0.2) is 26.2 Å². The molecule has 0 bridgehead atoms. The first-order valence-electron chi connectivity index (χ1n) is 8.23. The Morgan fingerprint density at radius 2 is 2.00 bits per heavy atom. The Labute approximate surface area is 157 Å². The highest BCUT2D eigenvalue weighted by Gasteiger charge is 2.15. The number of aliphatic imine (C=N–C) groups is 1. The highest BCUT2D eigenvalue weighted by molar-refractivity contribution is 7.11. The number of guanidine groups is 1. The molecule has 1 aromatic carbocycles. The molecule has 2 aromatic rings. The van der Waals surface area contributed by atoms with E-state index in [2.05, 4.69) is 34.7 Å². The second kappa shape index (κ2) is 8.45. The third kappa shape index (κ3) is 4.80. The molecule has 3 rings (SSSR count). The van der Waals surface area contributed by atoms with Gasteiger partial charge in [0.2, 0.25) is 0 Å². The van der Waals surface area contributed by atoms with Crippen molar-refractivity contribution >= 4 is 28.9 Å². The summed E-state index contributed by atoms with van der Waals surface area (Å²) in [4.78, 5) is 6.84. The van der Waals surface area contributed by atoms with E-state index in [1.165, 1.54) is 9.75 Å². The average molecular weight is 380 g/mol. The molecule has 1 aliphatic rings. The van der Waals surface area contributed by atoms with Crippen LogP contribution in [0.1, 0.15) is 21.7 Å². The molecule has 1 aliphatic heterocycles. The minimum Gasteiger partial charge on any atom is -0.489 e. The molecule has 0 spiro atoms. The molecule has 0 atom stereocenters. The third-order valence-corrected chi connectivity index (χ3v) is 5.05. The fourth-order valence-electron chi connectivity index (χ4n) is 2.54. The van der Waals surface area contributed by atoms with Crippen molar-refractivity contribution in [1.29, 1.82) is 0 Å². The van der Waals surface area contributed by atoms with Crippen LogP contribution in [-0.2, 0) is 13.1 Å². The van der Waals surface area contributed by atoms with Crippen LogP contribution in [0.4, 0.5) is 0 Å². The Balaban J connectivity index is 1.60. The first-order chi connectivity index (χ1) is 12.2. The lowest BCUT2D eigenvalue weighted by Crippen LogP contribution is -2.36. The largest absolute Gasteiger partial charge is 0.489 e. The summed E-state index contributed by atoms with van der Waals surface area (Å²) in [6.45, 7) is 4.72. The number of nitrogens with one attached hydrogen (secondary N) is 2. The van der Waals surface area contributed by atoms with Gasteiger partial charge in [-0.25, -0.2) is 0 Å². The number of aryl methyl sites for hydroxylation is 1. The van der Waals surface area contributed by atoms with Gasteiger partial charge in [-0.1, -0.05) is 11.6 Å². The molecule has 25 heavy (non-hydrogen) atoms. The zero-order valence-corrected chi connectivity index (χ0v) is 16.0. The molecule has 0 saturated heterocycles. The number of halogens is 1. The van der Waals surface area contributed by atoms with Crippen molar-refractivity contribution in [2.24, 2.45) is 4.99 Å². The summed E-state index contributed by atoms with van der Waals surface area (Å²) in [6, 6.07) is 8.12. The van der Waals surface area contributed by atoms with E-state index in [0.29, 0.717) is 36.3 Å². The van der Waals surface area contributed by atoms with Gasteiger partial charge < -0.3 is 20.1 Å². The second-order valence-electron chi connectivity index (χ2n) is 5.75. The lowest BCUT2D eigenvalue weighted by Gasteiger charge is -2.14. The Hall–Kier alpha value is -1.92. The monoisotopic (exact) mass is 379 g/mol. The lowest BCUT2D eigenvalue weighted by atomic mass is 10.2. The maximum Gasteiger partial charge on any atom is 0.191 e. The molecular weight excluding hydrogens is 358 g/mol. The van der Waals surface area contributed by atoms with Crippen LogP contribution < -0.4 is 20.1 Å². The van der Waals surface area contributed by atoms with E-state index < -0.39 is 0 Å². The molecule has 7 heteroatoms. The van der Waals surface area contributed by atoms with Crippen LogP contribution >= 0.6 is 22.9 Å². The summed E-state index contributed by atoms with van der Waals surface area (Å²) in [7, 11) is 1.76. The van der Waals surface area contributed by atoms with Gasteiger partial charge in [0.05, 0.1) is 24.8 Å². The van der Waals surface area contributed by atoms with Crippen molar-refractivity contribution in [3.8, 4) is 11.5 Å². The average Bonchev–Trinajstić information content (AvgIpc) is 2.87. The number of nitrogens with zero attached hydrogens (tertiary/aromatic N) is 1. The maximum absolute atomic E-state index is 6.34. The van der Waals surface area contributed by atoms with E-state index in [9.17, 15) is 0 Å². The molecule has 0 saturated carbocycles. The summed E-state index contributed by atoms with van der Waals surface area (Å²) in [5, 5.41) is 7.19. The van der Waals surface area contributed by atoms with Crippen LogP contribution in [0.2, 0.25) is 5.02 Å². The van der Waals surface area contributed by atoms with E-state index in [0.717, 1.165) is 24.5 Å². The van der Waals surface area contributed by atoms with Crippen LogP contribution in [0.5, 0.6) is 11.5 Å². The molecule has 0 aliphatic carbocycles. The Kier molecular flexibility index (Phi) is 6.04. The predicted octanol–water partition coefficient (Wildman–Crippen LogP) is 3.74. The van der Waals surface area contributed by atoms with Crippen LogP contribution in [0.25, 0.3) is 0 Å². The molecule has 1 aromatic heterocycles. The van der Waals surface area contributed by atoms with E-state index in [1.807, 2.05) is 12.1 Å².